The molecular formula is C25H22N8. The van der Waals surface area contributed by atoms with Gasteiger partial charge in [-0.2, -0.15) is 10.2 Å². The molecule has 6 heterocycles. The van der Waals surface area contributed by atoms with Gasteiger partial charge in [0.05, 0.1) is 29.0 Å². The fraction of sp³-hybridized carbons (Fsp3) is 0.160. The number of fused-ring (bicyclic) bond motifs is 2. The number of hydrogen-bond acceptors (Lipinski definition) is 7. The van der Waals surface area contributed by atoms with E-state index in [0.29, 0.717) is 5.65 Å². The highest BCUT2D eigenvalue weighted by atomic mass is 15.5. The molecule has 0 radical (unpaired) electrons. The number of nitrogens with one attached hydrogen (secondary N) is 1. The maximum Gasteiger partial charge on any atom is 0.160 e. The Kier molecular flexibility index (Phi) is 4.50. The standard InChI is InChI=1S/C25H22N8/c1-3-32-15-17(13-29-32)20-12-24-28-14-23(33(24)31-16(20)2)18-9-11-27-25-19(18)7-8-22(30-25)21-6-4-5-10-26-21/h4-15,24,28H,3H2,1-2H3. The molecule has 0 saturated carbocycles. The molecule has 0 aromatic carbocycles. The zero-order valence-corrected chi connectivity index (χ0v) is 18.3. The zero-order valence-electron chi connectivity index (χ0n) is 18.3. The van der Waals surface area contributed by atoms with Gasteiger partial charge < -0.3 is 5.32 Å². The van der Waals surface area contributed by atoms with Gasteiger partial charge in [-0.05, 0) is 50.3 Å². The summed E-state index contributed by atoms with van der Waals surface area (Å²) in [5.41, 5.74) is 7.45. The van der Waals surface area contributed by atoms with Gasteiger partial charge in [-0.3, -0.25) is 9.67 Å². The molecule has 2 aliphatic heterocycles. The van der Waals surface area contributed by atoms with Gasteiger partial charge >= 0.3 is 0 Å². The maximum atomic E-state index is 4.93. The molecule has 4 aromatic rings. The first kappa shape index (κ1) is 19.4. The number of pyridine rings is 3. The highest BCUT2D eigenvalue weighted by molar-refractivity contribution is 6.23. The lowest BCUT2D eigenvalue weighted by atomic mass is 10.0. The molecule has 0 bridgehead atoms. The van der Waals surface area contributed by atoms with Gasteiger partial charge in [-0.1, -0.05) is 6.07 Å². The Morgan fingerprint density at radius 1 is 1.03 bits per heavy atom. The first-order valence-corrected chi connectivity index (χ1v) is 10.9. The summed E-state index contributed by atoms with van der Waals surface area (Å²) in [6.45, 7) is 4.96. The van der Waals surface area contributed by atoms with Crippen LogP contribution in [0.4, 0.5) is 0 Å². The van der Waals surface area contributed by atoms with E-state index in [1.165, 1.54) is 0 Å². The minimum atomic E-state index is -0.0624. The van der Waals surface area contributed by atoms with E-state index >= 15 is 0 Å². The summed E-state index contributed by atoms with van der Waals surface area (Å²) in [4.78, 5) is 13.7. The summed E-state index contributed by atoms with van der Waals surface area (Å²) < 4.78 is 1.93. The maximum absolute atomic E-state index is 4.93. The molecule has 1 N–H and O–H groups in total. The summed E-state index contributed by atoms with van der Waals surface area (Å²) in [7, 11) is 0. The summed E-state index contributed by atoms with van der Waals surface area (Å²) in [6.07, 6.45) is 11.7. The molecule has 2 aliphatic rings. The second-order valence-electron chi connectivity index (χ2n) is 7.98. The third-order valence-electron chi connectivity index (χ3n) is 5.95. The Morgan fingerprint density at radius 2 is 1.97 bits per heavy atom. The second-order valence-corrected chi connectivity index (χ2v) is 7.98. The molecule has 6 rings (SSSR count). The highest BCUT2D eigenvalue weighted by Crippen LogP contribution is 2.34. The van der Waals surface area contributed by atoms with Crippen molar-refractivity contribution in [1.29, 1.82) is 0 Å². The van der Waals surface area contributed by atoms with Crippen molar-refractivity contribution < 1.29 is 0 Å². The molecule has 162 valence electrons. The summed E-state index contributed by atoms with van der Waals surface area (Å²) >= 11 is 0. The molecule has 1 atom stereocenters. The Balaban J connectivity index is 1.35. The number of aromatic nitrogens is 5. The molecule has 0 fully saturated rings. The van der Waals surface area contributed by atoms with Crippen LogP contribution in [-0.4, -0.2) is 41.6 Å². The van der Waals surface area contributed by atoms with Crippen LogP contribution in [-0.2, 0) is 6.54 Å². The molecule has 0 saturated heterocycles. The van der Waals surface area contributed by atoms with Crippen LogP contribution in [0.25, 0.3) is 33.7 Å². The third kappa shape index (κ3) is 3.27. The van der Waals surface area contributed by atoms with Crippen LogP contribution in [0.5, 0.6) is 0 Å². The van der Waals surface area contributed by atoms with E-state index < -0.39 is 0 Å². The quantitative estimate of drug-likeness (QED) is 0.524. The van der Waals surface area contributed by atoms with Crippen molar-refractivity contribution >= 4 is 28.0 Å². The molecule has 0 amide bonds. The first-order chi connectivity index (χ1) is 16.2. The van der Waals surface area contributed by atoms with Crippen LogP contribution < -0.4 is 5.32 Å². The molecule has 8 heteroatoms. The minimum Gasteiger partial charge on any atom is -0.365 e. The lowest BCUT2D eigenvalue weighted by molar-refractivity contribution is 0.356. The number of allylic oxidation sites excluding steroid dienone is 1. The van der Waals surface area contributed by atoms with E-state index in [2.05, 4.69) is 45.6 Å². The van der Waals surface area contributed by atoms with E-state index in [1.54, 1.807) is 12.4 Å². The Morgan fingerprint density at radius 3 is 2.79 bits per heavy atom. The predicted molar refractivity (Wildman–Crippen MR) is 128 cm³/mol. The van der Waals surface area contributed by atoms with Crippen LogP contribution in [0.2, 0.25) is 0 Å². The van der Waals surface area contributed by atoms with Gasteiger partial charge in [0.1, 0.15) is 6.17 Å². The van der Waals surface area contributed by atoms with Crippen molar-refractivity contribution in [1.82, 2.24) is 35.1 Å². The average molecular weight is 435 g/mol. The van der Waals surface area contributed by atoms with Crippen molar-refractivity contribution in [2.24, 2.45) is 5.10 Å². The summed E-state index contributed by atoms with van der Waals surface area (Å²) in [6, 6.07) is 11.9. The highest BCUT2D eigenvalue weighted by Gasteiger charge is 2.31. The van der Waals surface area contributed by atoms with Gasteiger partial charge in [0.2, 0.25) is 0 Å². The average Bonchev–Trinajstić information content (AvgIpc) is 3.50. The van der Waals surface area contributed by atoms with Crippen molar-refractivity contribution in [3.8, 4) is 11.4 Å². The van der Waals surface area contributed by atoms with Crippen LogP contribution in [0.15, 0.2) is 78.6 Å². The van der Waals surface area contributed by atoms with Gasteiger partial charge in [0.25, 0.3) is 0 Å². The third-order valence-corrected chi connectivity index (χ3v) is 5.95. The molecule has 4 aromatic heterocycles. The Labute approximate surface area is 191 Å². The van der Waals surface area contributed by atoms with E-state index in [-0.39, 0.29) is 6.17 Å². The van der Waals surface area contributed by atoms with E-state index in [9.17, 15) is 0 Å². The monoisotopic (exact) mass is 434 g/mol. The number of aryl methyl sites for hydroxylation is 1. The number of rotatable bonds is 4. The summed E-state index contributed by atoms with van der Waals surface area (Å²) in [5.74, 6) is 0. The topological polar surface area (TPSA) is 84.1 Å². The molecule has 0 spiro atoms. The SMILES string of the molecule is CCn1cc(C2=CC3NC=C(c4ccnc5nc(-c6ccccn6)ccc45)N3N=C2C)cn1. The van der Waals surface area contributed by atoms with Crippen molar-refractivity contribution in [2.75, 3.05) is 0 Å². The molecular weight excluding hydrogens is 412 g/mol. The lowest BCUT2D eigenvalue weighted by Crippen LogP contribution is -2.35. The van der Waals surface area contributed by atoms with Crippen molar-refractivity contribution in [3.05, 3.63) is 84.6 Å². The fourth-order valence-electron chi connectivity index (χ4n) is 4.27. The van der Waals surface area contributed by atoms with Gasteiger partial charge in [-0.15, -0.1) is 0 Å². The predicted octanol–water partition coefficient (Wildman–Crippen LogP) is 3.91. The number of hydrazone groups is 1. The molecule has 33 heavy (non-hydrogen) atoms. The normalized spacial score (nSPS) is 17.3. The zero-order chi connectivity index (χ0) is 22.4. The largest absolute Gasteiger partial charge is 0.365 e. The molecule has 1 unspecified atom stereocenters. The van der Waals surface area contributed by atoms with Gasteiger partial charge in [0, 0.05) is 53.4 Å². The molecule has 8 nitrogen and oxygen atoms in total. The van der Waals surface area contributed by atoms with E-state index in [0.717, 1.165) is 51.4 Å². The summed E-state index contributed by atoms with van der Waals surface area (Å²) in [5, 5.41) is 15.8. The van der Waals surface area contributed by atoms with Crippen molar-refractivity contribution in [3.63, 3.8) is 0 Å². The Bertz CT molecular complexity index is 1450. The second kappa shape index (κ2) is 7.67. The molecule has 0 aliphatic carbocycles. The van der Waals surface area contributed by atoms with Crippen molar-refractivity contribution in [2.45, 2.75) is 26.6 Å². The Hall–Kier alpha value is -4.33. The van der Waals surface area contributed by atoms with E-state index in [4.69, 9.17) is 10.1 Å². The minimum absolute atomic E-state index is 0.0624. The lowest BCUT2D eigenvalue weighted by Gasteiger charge is -2.28. The van der Waals surface area contributed by atoms with Crippen LogP contribution in [0.1, 0.15) is 25.0 Å². The number of hydrogen-bond donors (Lipinski definition) is 1. The van der Waals surface area contributed by atoms with Crippen LogP contribution in [0, 0.1) is 0 Å². The van der Waals surface area contributed by atoms with Crippen LogP contribution in [0.3, 0.4) is 0 Å². The van der Waals surface area contributed by atoms with Gasteiger partial charge in [0.15, 0.2) is 5.65 Å². The van der Waals surface area contributed by atoms with E-state index in [1.807, 2.05) is 59.3 Å². The smallest absolute Gasteiger partial charge is 0.160 e. The van der Waals surface area contributed by atoms with Gasteiger partial charge in [-0.25, -0.2) is 15.0 Å². The number of nitrogens with zero attached hydrogens (tertiary/aromatic N) is 7. The van der Waals surface area contributed by atoms with Crippen LogP contribution >= 0.6 is 0 Å². The first-order valence-electron chi connectivity index (χ1n) is 10.9. The fourth-order valence-corrected chi connectivity index (χ4v) is 4.27.